The van der Waals surface area contributed by atoms with Crippen LogP contribution in [0.15, 0.2) is 103 Å². The SMILES string of the molecule is O=C(O[C@@H]1[C@@H](c2c(O)cc(O)c3c2O[C@H](c2ccc(O)c(O)c2)[C@H](OC(=O)c2cc(O)c(O)c(O)c2)C3)c2c(O)cc(O)c([C@H]3c4c(O)cc(O)cc4O[C@H](c4ccc(O)c(O)c4)[C@@H]3O)c2O[C@@H]1c1ccc(O)c(O)c1)c1cc(O)c(O)c(O)c1. The summed E-state index contributed by atoms with van der Waals surface area (Å²) < 4.78 is 31.7. The molecule has 0 saturated heterocycles. The molecule has 85 heavy (non-hydrogen) atoms. The van der Waals surface area contributed by atoms with Crippen LogP contribution in [0.2, 0.25) is 0 Å². The van der Waals surface area contributed by atoms with Crippen LogP contribution < -0.4 is 14.2 Å². The van der Waals surface area contributed by atoms with E-state index in [9.17, 15) is 107 Å². The summed E-state index contributed by atoms with van der Waals surface area (Å²) in [6.45, 7) is 0. The molecule has 8 aromatic carbocycles. The smallest absolute Gasteiger partial charge is 0.338 e. The monoisotopic (exact) mass is 1170 g/mol. The number of esters is 2. The van der Waals surface area contributed by atoms with E-state index in [0.29, 0.717) is 18.2 Å². The van der Waals surface area contributed by atoms with Gasteiger partial charge in [0.25, 0.3) is 0 Å². The average Bonchev–Trinajstić information content (AvgIpc) is 1.28. The number of fused-ring (bicyclic) bond motifs is 3. The van der Waals surface area contributed by atoms with Crippen LogP contribution in [0.1, 0.15) is 95.4 Å². The molecule has 26 heteroatoms. The fraction of sp³-hybridized carbons (Fsp3) is 0.153. The van der Waals surface area contributed by atoms with Crippen molar-refractivity contribution in [3.8, 4) is 121 Å². The number of hydrogen-bond acceptors (Lipinski definition) is 26. The second-order valence-electron chi connectivity index (χ2n) is 20.1. The Hall–Kier alpha value is -11.5. The number of phenols is 18. The number of ether oxygens (including phenoxy) is 5. The number of aromatic hydroxyl groups is 18. The Labute approximate surface area is 475 Å². The lowest BCUT2D eigenvalue weighted by Gasteiger charge is -2.44. The second-order valence-corrected chi connectivity index (χ2v) is 20.1. The number of aliphatic hydroxyl groups excluding tert-OH is 1. The molecule has 11 rings (SSSR count). The quantitative estimate of drug-likeness (QED) is 0.0548. The molecular weight excluding hydrogens is 1120 g/mol. The van der Waals surface area contributed by atoms with Crippen LogP contribution in [0, 0.1) is 0 Å². The summed E-state index contributed by atoms with van der Waals surface area (Å²) >= 11 is 0. The van der Waals surface area contributed by atoms with Gasteiger partial charge < -0.3 is 121 Å². The van der Waals surface area contributed by atoms with Crippen LogP contribution in [0.25, 0.3) is 0 Å². The number of aliphatic hydroxyl groups is 1. The normalized spacial score (nSPS) is 20.3. The first-order valence-corrected chi connectivity index (χ1v) is 25.2. The molecule has 8 atom stereocenters. The lowest BCUT2D eigenvalue weighted by molar-refractivity contribution is -0.0317. The largest absolute Gasteiger partial charge is 0.508 e. The molecule has 19 N–H and O–H groups in total. The Morgan fingerprint density at radius 3 is 1.31 bits per heavy atom. The van der Waals surface area contributed by atoms with E-state index in [1.165, 1.54) is 12.1 Å². The Balaban J connectivity index is 1.19. The van der Waals surface area contributed by atoms with E-state index in [1.54, 1.807) is 0 Å². The van der Waals surface area contributed by atoms with Crippen molar-refractivity contribution in [1.29, 1.82) is 0 Å². The van der Waals surface area contributed by atoms with Gasteiger partial charge in [0.15, 0.2) is 93.4 Å². The highest BCUT2D eigenvalue weighted by Gasteiger charge is 2.53. The third-order valence-corrected chi connectivity index (χ3v) is 14.9. The van der Waals surface area contributed by atoms with Crippen LogP contribution in [0.5, 0.6) is 121 Å². The van der Waals surface area contributed by atoms with E-state index < -0.39 is 210 Å². The van der Waals surface area contributed by atoms with Gasteiger partial charge in [-0.1, -0.05) is 18.2 Å². The Morgan fingerprint density at radius 2 is 0.800 bits per heavy atom. The minimum atomic E-state index is -2.15. The van der Waals surface area contributed by atoms with Gasteiger partial charge in [0, 0.05) is 69.6 Å². The predicted molar refractivity (Wildman–Crippen MR) is 283 cm³/mol. The topological polar surface area (TPSA) is 465 Å². The van der Waals surface area contributed by atoms with Crippen LogP contribution in [-0.2, 0) is 15.9 Å². The molecule has 0 aliphatic carbocycles. The van der Waals surface area contributed by atoms with Gasteiger partial charge in [-0.3, -0.25) is 0 Å². The molecule has 0 saturated carbocycles. The van der Waals surface area contributed by atoms with Gasteiger partial charge in [-0.15, -0.1) is 0 Å². The van der Waals surface area contributed by atoms with Crippen molar-refractivity contribution in [3.05, 3.63) is 159 Å². The summed E-state index contributed by atoms with van der Waals surface area (Å²) in [7, 11) is 0. The lowest BCUT2D eigenvalue weighted by Crippen LogP contribution is -2.41. The summed E-state index contributed by atoms with van der Waals surface area (Å²) in [5.41, 5.74) is -4.05. The third kappa shape index (κ3) is 9.42. The molecule has 0 unspecified atom stereocenters. The van der Waals surface area contributed by atoms with Crippen LogP contribution in [0.3, 0.4) is 0 Å². The first kappa shape index (κ1) is 55.4. The summed E-state index contributed by atoms with van der Waals surface area (Å²) in [6, 6.07) is 15.8. The summed E-state index contributed by atoms with van der Waals surface area (Å²) in [4.78, 5) is 28.6. The van der Waals surface area contributed by atoms with Gasteiger partial charge in [-0.05, 0) is 66.2 Å². The fourth-order valence-electron chi connectivity index (χ4n) is 11.0. The van der Waals surface area contributed by atoms with Gasteiger partial charge in [0.1, 0.15) is 64.0 Å². The van der Waals surface area contributed by atoms with Crippen molar-refractivity contribution in [3.63, 3.8) is 0 Å². The highest BCUT2D eigenvalue weighted by atomic mass is 16.6. The maximum Gasteiger partial charge on any atom is 0.338 e. The summed E-state index contributed by atoms with van der Waals surface area (Å²) in [6.07, 6.45) is -11.8. The number of carbonyl (C=O) groups is 2. The highest BCUT2D eigenvalue weighted by Crippen LogP contribution is 2.63. The zero-order chi connectivity index (χ0) is 60.9. The van der Waals surface area contributed by atoms with Crippen molar-refractivity contribution in [2.45, 2.75) is 54.9 Å². The maximum absolute atomic E-state index is 14.7. The third-order valence-electron chi connectivity index (χ3n) is 14.9. The van der Waals surface area contributed by atoms with Crippen molar-refractivity contribution in [1.82, 2.24) is 0 Å². The molecule has 0 amide bonds. The highest BCUT2D eigenvalue weighted by molar-refractivity contribution is 5.92. The molecular formula is C59H46O26. The lowest BCUT2D eigenvalue weighted by atomic mass is 9.73. The van der Waals surface area contributed by atoms with Crippen molar-refractivity contribution in [2.24, 2.45) is 0 Å². The molecule has 0 spiro atoms. The first-order chi connectivity index (χ1) is 40.3. The van der Waals surface area contributed by atoms with Crippen LogP contribution in [-0.4, -0.2) is 127 Å². The molecule has 0 bridgehead atoms. The van der Waals surface area contributed by atoms with E-state index in [1.807, 2.05) is 0 Å². The molecule has 26 nitrogen and oxygen atoms in total. The van der Waals surface area contributed by atoms with E-state index in [4.69, 9.17) is 23.7 Å². The number of hydrogen-bond donors (Lipinski definition) is 19. The summed E-state index contributed by atoms with van der Waals surface area (Å²) in [5, 5.41) is 210. The molecule has 3 heterocycles. The van der Waals surface area contributed by atoms with Crippen molar-refractivity contribution >= 4 is 11.9 Å². The van der Waals surface area contributed by atoms with E-state index in [2.05, 4.69) is 0 Å². The van der Waals surface area contributed by atoms with Crippen LogP contribution >= 0.6 is 0 Å². The molecule has 0 aromatic heterocycles. The number of phenolic OH excluding ortho intramolecular Hbond substituents is 18. The standard InChI is InChI=1S/C59H46O26/c60-24-14-33(68)43-41(15-24)81-53(20-2-5-27(62)31(66)8-20)51(78)47(43)44-35(70)18-36(71)46-48(57(85-59(80)23-12-39(74)50(77)40(75)13-23)54(84-56(44)46)21-3-6-28(63)32(67)9-21)45-34(69)17-29(64)25-16-42(82-58(79)22-10-37(72)49(76)38(73)11-22)52(83-55(25)45)19-1-4-26(61)30(65)7-19/h1-15,17-18,42,47-48,51-54,57,60-78H,16H2/t42-,47-,48+,51-,52-,53-,54-,57-/m1/s1. The summed E-state index contributed by atoms with van der Waals surface area (Å²) in [5.74, 6) is -23.5. The molecule has 8 aromatic rings. The zero-order valence-electron chi connectivity index (χ0n) is 43.0. The second kappa shape index (κ2) is 20.5. The minimum Gasteiger partial charge on any atom is -0.508 e. The van der Waals surface area contributed by atoms with Gasteiger partial charge >= 0.3 is 11.9 Å². The average molecular weight is 1170 g/mol. The molecule has 3 aliphatic heterocycles. The van der Waals surface area contributed by atoms with E-state index >= 15 is 0 Å². The number of carbonyl (C=O) groups excluding carboxylic acids is 2. The van der Waals surface area contributed by atoms with Gasteiger partial charge in [-0.2, -0.15) is 0 Å². The van der Waals surface area contributed by atoms with Gasteiger partial charge in [0.05, 0.1) is 23.0 Å². The first-order valence-electron chi connectivity index (χ1n) is 25.2. The molecule has 438 valence electrons. The van der Waals surface area contributed by atoms with Crippen molar-refractivity contribution < 1.29 is 130 Å². The van der Waals surface area contributed by atoms with Crippen molar-refractivity contribution in [2.75, 3.05) is 0 Å². The molecule has 0 fully saturated rings. The van der Waals surface area contributed by atoms with E-state index in [-0.39, 0.29) is 33.6 Å². The number of rotatable bonds is 9. The fourth-order valence-corrected chi connectivity index (χ4v) is 11.0. The predicted octanol–water partition coefficient (Wildman–Crippen LogP) is 6.41. The molecule has 3 aliphatic rings. The Bertz CT molecular complexity index is 4060. The number of benzene rings is 8. The Morgan fingerprint density at radius 1 is 0.376 bits per heavy atom. The Kier molecular flexibility index (Phi) is 13.3. The van der Waals surface area contributed by atoms with Gasteiger partial charge in [-0.25, -0.2) is 9.59 Å². The van der Waals surface area contributed by atoms with Crippen LogP contribution in [0.4, 0.5) is 0 Å². The minimum absolute atomic E-state index is 0.0411. The zero-order valence-corrected chi connectivity index (χ0v) is 43.0. The van der Waals surface area contributed by atoms with E-state index in [0.717, 1.165) is 72.8 Å². The molecule has 0 radical (unpaired) electrons. The van der Waals surface area contributed by atoms with Gasteiger partial charge in [0.2, 0.25) is 0 Å². The maximum atomic E-state index is 14.7.